The number of methoxy groups -OCH3 is 2. The van der Waals surface area contributed by atoms with E-state index < -0.39 is 23.9 Å². The van der Waals surface area contributed by atoms with Crippen LogP contribution in [0.3, 0.4) is 0 Å². The molecule has 0 aromatic heterocycles. The fraction of sp³-hybridized carbons (Fsp3) is 0.417. The monoisotopic (exact) mass is 255 g/mol. The van der Waals surface area contributed by atoms with E-state index in [-0.39, 0.29) is 12.0 Å². The Morgan fingerprint density at radius 3 is 2.33 bits per heavy atom. The lowest BCUT2D eigenvalue weighted by Gasteiger charge is -2.15. The van der Waals surface area contributed by atoms with E-state index in [2.05, 4.69) is 21.4 Å². The number of allylic oxidation sites excluding steroid dienone is 1. The van der Waals surface area contributed by atoms with Crippen LogP contribution in [-0.4, -0.2) is 38.1 Å². The maximum atomic E-state index is 11.6. The molecule has 0 aromatic rings. The van der Waals surface area contributed by atoms with E-state index in [0.717, 1.165) is 0 Å². The van der Waals surface area contributed by atoms with Crippen LogP contribution in [0.2, 0.25) is 0 Å². The molecule has 0 aromatic carbocycles. The van der Waals surface area contributed by atoms with Gasteiger partial charge in [-0.1, -0.05) is 18.7 Å². The average Bonchev–Trinajstić information content (AvgIpc) is 2.36. The molecule has 0 aliphatic carbocycles. The molecule has 0 saturated carbocycles. The predicted octanol–water partition coefficient (Wildman–Crippen LogP) is 0.340. The highest BCUT2D eigenvalue weighted by atomic mass is 16.5. The first kappa shape index (κ1) is 15.9. The van der Waals surface area contributed by atoms with Crippen molar-refractivity contribution >= 4 is 17.8 Å². The molecule has 6 nitrogen and oxygen atoms in total. The molecule has 0 radical (unpaired) electrons. The molecule has 0 spiro atoms. The van der Waals surface area contributed by atoms with Crippen molar-refractivity contribution in [2.75, 3.05) is 14.2 Å². The summed E-state index contributed by atoms with van der Waals surface area (Å²) in [6.45, 7) is 5.24. The molecule has 1 atom stereocenters. The average molecular weight is 255 g/mol. The summed E-state index contributed by atoms with van der Waals surface area (Å²) in [6, 6.07) is -1.09. The van der Waals surface area contributed by atoms with Gasteiger partial charge < -0.3 is 14.8 Å². The summed E-state index contributed by atoms with van der Waals surface area (Å²) in [5.74, 6) is -1.89. The van der Waals surface area contributed by atoms with Crippen molar-refractivity contribution in [3.63, 3.8) is 0 Å². The maximum Gasteiger partial charge on any atom is 0.328 e. The lowest BCUT2D eigenvalue weighted by molar-refractivity contribution is -0.150. The standard InChI is InChI=1S/C12H17NO5/c1-5-6-8(2)11(15)13-9(12(16)18-4)7-10(14)17-3/h5-6,9H,2,7H2,1,3-4H3,(H,13,15)/b6-5-/t9-/m0/s1. The number of hydrogen-bond donors (Lipinski definition) is 1. The smallest absolute Gasteiger partial charge is 0.328 e. The van der Waals surface area contributed by atoms with Gasteiger partial charge in [-0.2, -0.15) is 0 Å². The zero-order valence-corrected chi connectivity index (χ0v) is 10.7. The number of esters is 2. The second-order valence-corrected chi connectivity index (χ2v) is 3.35. The van der Waals surface area contributed by atoms with Gasteiger partial charge in [-0.15, -0.1) is 0 Å². The van der Waals surface area contributed by atoms with E-state index in [1.54, 1.807) is 13.0 Å². The van der Waals surface area contributed by atoms with Crippen molar-refractivity contribution < 1.29 is 23.9 Å². The van der Waals surface area contributed by atoms with Gasteiger partial charge in [0.2, 0.25) is 0 Å². The van der Waals surface area contributed by atoms with Crippen LogP contribution < -0.4 is 5.32 Å². The quantitative estimate of drug-likeness (QED) is 0.420. The lowest BCUT2D eigenvalue weighted by atomic mass is 10.2. The molecule has 1 amide bonds. The Hall–Kier alpha value is -2.11. The van der Waals surface area contributed by atoms with Gasteiger partial charge in [-0.25, -0.2) is 4.79 Å². The molecule has 0 unspecified atom stereocenters. The Labute approximate surface area is 106 Å². The van der Waals surface area contributed by atoms with Crippen LogP contribution in [0.25, 0.3) is 0 Å². The van der Waals surface area contributed by atoms with E-state index in [4.69, 9.17) is 0 Å². The third-order valence-electron chi connectivity index (χ3n) is 2.05. The Bertz CT molecular complexity index is 373. The van der Waals surface area contributed by atoms with Gasteiger partial charge >= 0.3 is 11.9 Å². The third-order valence-corrected chi connectivity index (χ3v) is 2.05. The van der Waals surface area contributed by atoms with Crippen molar-refractivity contribution in [2.24, 2.45) is 0 Å². The molecule has 0 fully saturated rings. The summed E-state index contributed by atoms with van der Waals surface area (Å²) in [5.41, 5.74) is 0.177. The summed E-state index contributed by atoms with van der Waals surface area (Å²) < 4.78 is 8.92. The molecule has 100 valence electrons. The molecule has 0 bridgehead atoms. The minimum absolute atomic E-state index is 0.177. The van der Waals surface area contributed by atoms with Crippen LogP contribution in [-0.2, 0) is 23.9 Å². The number of amides is 1. The second kappa shape index (κ2) is 8.05. The number of rotatable bonds is 6. The zero-order valence-electron chi connectivity index (χ0n) is 10.7. The molecule has 0 saturated heterocycles. The van der Waals surface area contributed by atoms with Crippen LogP contribution in [0.4, 0.5) is 0 Å². The van der Waals surface area contributed by atoms with Crippen molar-refractivity contribution in [3.8, 4) is 0 Å². The van der Waals surface area contributed by atoms with Gasteiger partial charge in [0.15, 0.2) is 0 Å². The third kappa shape index (κ3) is 5.29. The number of hydrogen-bond acceptors (Lipinski definition) is 5. The van der Waals surface area contributed by atoms with Crippen molar-refractivity contribution in [1.82, 2.24) is 5.32 Å². The topological polar surface area (TPSA) is 81.7 Å². The number of ether oxygens (including phenoxy) is 2. The highest BCUT2D eigenvalue weighted by Gasteiger charge is 2.25. The molecule has 6 heteroatoms. The first-order valence-electron chi connectivity index (χ1n) is 5.23. The predicted molar refractivity (Wildman–Crippen MR) is 64.5 cm³/mol. The first-order chi connectivity index (χ1) is 8.46. The Balaban J connectivity index is 4.69. The molecule has 18 heavy (non-hydrogen) atoms. The molecule has 1 N–H and O–H groups in total. The van der Waals surface area contributed by atoms with E-state index in [1.807, 2.05) is 0 Å². The minimum Gasteiger partial charge on any atom is -0.469 e. The van der Waals surface area contributed by atoms with Gasteiger partial charge in [0, 0.05) is 5.57 Å². The highest BCUT2D eigenvalue weighted by molar-refractivity contribution is 5.98. The second-order valence-electron chi connectivity index (χ2n) is 3.35. The number of carbonyl (C=O) groups excluding carboxylic acids is 3. The number of carbonyl (C=O) groups is 3. The van der Waals surface area contributed by atoms with Gasteiger partial charge in [0.1, 0.15) is 6.04 Å². The normalized spacial score (nSPS) is 11.7. The van der Waals surface area contributed by atoms with Crippen LogP contribution >= 0.6 is 0 Å². The largest absolute Gasteiger partial charge is 0.469 e. The summed E-state index contributed by atoms with van der Waals surface area (Å²) in [6.07, 6.45) is 2.83. The molecular weight excluding hydrogens is 238 g/mol. The van der Waals surface area contributed by atoms with Crippen LogP contribution in [0.15, 0.2) is 24.3 Å². The molecule has 0 aliphatic rings. The van der Waals surface area contributed by atoms with Gasteiger partial charge in [0.25, 0.3) is 5.91 Å². The van der Waals surface area contributed by atoms with Crippen LogP contribution in [0.1, 0.15) is 13.3 Å². The zero-order chi connectivity index (χ0) is 14.1. The van der Waals surface area contributed by atoms with E-state index in [0.29, 0.717) is 0 Å². The summed E-state index contributed by atoms with van der Waals surface area (Å²) in [7, 11) is 2.36. The van der Waals surface area contributed by atoms with Crippen molar-refractivity contribution in [3.05, 3.63) is 24.3 Å². The number of nitrogens with one attached hydrogen (secondary N) is 1. The molecular formula is C12H17NO5. The lowest BCUT2D eigenvalue weighted by Crippen LogP contribution is -2.43. The SMILES string of the molecule is C=C(/C=C\C)C(=O)N[C@@H](CC(=O)OC)C(=O)OC. The van der Waals surface area contributed by atoms with Gasteiger partial charge in [-0.3, -0.25) is 9.59 Å². The van der Waals surface area contributed by atoms with Crippen molar-refractivity contribution in [1.29, 1.82) is 0 Å². The Morgan fingerprint density at radius 1 is 1.28 bits per heavy atom. The Morgan fingerprint density at radius 2 is 1.89 bits per heavy atom. The van der Waals surface area contributed by atoms with Crippen molar-refractivity contribution in [2.45, 2.75) is 19.4 Å². The van der Waals surface area contributed by atoms with Gasteiger partial charge in [-0.05, 0) is 6.92 Å². The summed E-state index contributed by atoms with van der Waals surface area (Å²) >= 11 is 0. The first-order valence-corrected chi connectivity index (χ1v) is 5.23. The Kier molecular flexibility index (Phi) is 7.11. The molecule has 0 rings (SSSR count). The maximum absolute atomic E-state index is 11.6. The fourth-order valence-corrected chi connectivity index (χ4v) is 1.11. The van der Waals surface area contributed by atoms with E-state index in [1.165, 1.54) is 20.3 Å². The molecule has 0 aliphatic heterocycles. The van der Waals surface area contributed by atoms with Crippen LogP contribution in [0.5, 0.6) is 0 Å². The van der Waals surface area contributed by atoms with E-state index >= 15 is 0 Å². The summed E-state index contributed by atoms with van der Waals surface area (Å²) in [4.78, 5) is 34.1. The van der Waals surface area contributed by atoms with Crippen LogP contribution in [0, 0.1) is 0 Å². The molecule has 0 heterocycles. The van der Waals surface area contributed by atoms with E-state index in [9.17, 15) is 14.4 Å². The fourth-order valence-electron chi connectivity index (χ4n) is 1.11. The summed E-state index contributed by atoms with van der Waals surface area (Å²) in [5, 5.41) is 2.35. The van der Waals surface area contributed by atoms with Gasteiger partial charge in [0.05, 0.1) is 20.6 Å². The minimum atomic E-state index is -1.09. The highest BCUT2D eigenvalue weighted by Crippen LogP contribution is 2.01.